The number of halogens is 1. The van der Waals surface area contributed by atoms with Crippen molar-refractivity contribution in [1.29, 1.82) is 0 Å². The highest BCUT2D eigenvalue weighted by Gasteiger charge is 2.37. The molecule has 0 aromatic heterocycles. The maximum atomic E-state index is 14.8. The molecule has 5 aromatic rings. The number of methoxy groups -OCH3 is 1. The van der Waals surface area contributed by atoms with E-state index in [9.17, 15) is 29.7 Å². The SMILES string of the molecule is COc1c(O)c2c(=O)cc(CO)c3c4c(CO)c(Br)c(=O)c5c(NCCCCCOCCO)c(CCCNCCOCCO)c6c(c(c1C(C(C)=O)C(C)=C6)c23)c54. The number of hydrogen-bond acceptors (Lipinski definition) is 13. The molecule has 0 heterocycles. The van der Waals surface area contributed by atoms with Crippen molar-refractivity contribution in [3.05, 3.63) is 64.4 Å². The highest BCUT2D eigenvalue weighted by molar-refractivity contribution is 9.10. The van der Waals surface area contributed by atoms with Gasteiger partial charge in [0, 0.05) is 47.3 Å². The second-order valence-corrected chi connectivity index (χ2v) is 15.3. The molecule has 1 aliphatic carbocycles. The van der Waals surface area contributed by atoms with Gasteiger partial charge in [-0.25, -0.2) is 0 Å². The topological polar surface area (TPSA) is 204 Å². The van der Waals surface area contributed by atoms with E-state index >= 15 is 0 Å². The predicted octanol–water partition coefficient (Wildman–Crippen LogP) is 4.57. The van der Waals surface area contributed by atoms with Gasteiger partial charge in [0.05, 0.1) is 74.5 Å². The van der Waals surface area contributed by atoms with E-state index in [1.54, 1.807) is 0 Å². The number of ether oxygens (including phenoxy) is 3. The van der Waals surface area contributed by atoms with Crippen LogP contribution in [0.2, 0.25) is 0 Å². The Bertz CT molecular complexity index is 2430. The molecule has 306 valence electrons. The number of Topliss-reactive ketones (excluding diaryl/α,β-unsaturated/α-hetero) is 1. The van der Waals surface area contributed by atoms with E-state index in [1.165, 1.54) is 20.1 Å². The van der Waals surface area contributed by atoms with E-state index in [0.29, 0.717) is 100 Å². The van der Waals surface area contributed by atoms with Gasteiger partial charge in [-0.15, -0.1) is 0 Å². The van der Waals surface area contributed by atoms with Crippen LogP contribution in [-0.4, -0.2) is 97.7 Å². The Morgan fingerprint density at radius 1 is 0.789 bits per heavy atom. The first-order valence-corrected chi connectivity index (χ1v) is 20.2. The Morgan fingerprint density at radius 3 is 2.18 bits per heavy atom. The number of unbranched alkanes of at least 4 members (excludes halogenated alkanes) is 2. The molecule has 0 saturated carbocycles. The maximum absolute atomic E-state index is 14.8. The van der Waals surface area contributed by atoms with Crippen LogP contribution < -0.4 is 26.2 Å². The van der Waals surface area contributed by atoms with E-state index < -0.39 is 30.3 Å². The van der Waals surface area contributed by atoms with Crippen LogP contribution in [0.4, 0.5) is 5.69 Å². The first-order chi connectivity index (χ1) is 27.6. The van der Waals surface area contributed by atoms with E-state index in [0.717, 1.165) is 30.4 Å². The number of nitrogens with one attached hydrogen (secondary N) is 2. The molecular weight excluding hydrogens is 800 g/mol. The zero-order chi connectivity index (χ0) is 41.0. The molecular formula is C43H51BrN2O11. The highest BCUT2D eigenvalue weighted by Crippen LogP contribution is 2.56. The number of carbonyl (C=O) groups excluding carboxylic acids is 1. The fourth-order valence-electron chi connectivity index (χ4n) is 8.72. The fourth-order valence-corrected chi connectivity index (χ4v) is 9.24. The van der Waals surface area contributed by atoms with Gasteiger partial charge in [0.15, 0.2) is 16.9 Å². The lowest BCUT2D eigenvalue weighted by Gasteiger charge is -2.27. The first kappa shape index (κ1) is 42.6. The van der Waals surface area contributed by atoms with Gasteiger partial charge in [-0.3, -0.25) is 14.4 Å². The van der Waals surface area contributed by atoms with Crippen molar-refractivity contribution in [2.45, 2.75) is 65.1 Å². The minimum Gasteiger partial charge on any atom is -0.504 e. The number of aliphatic hydroxyl groups is 4. The lowest BCUT2D eigenvalue weighted by molar-refractivity contribution is -0.117. The average Bonchev–Trinajstić information content (AvgIpc) is 3.32. The molecule has 14 heteroatoms. The summed E-state index contributed by atoms with van der Waals surface area (Å²) in [4.78, 5) is 42.6. The monoisotopic (exact) mass is 850 g/mol. The average molecular weight is 852 g/mol. The minimum absolute atomic E-state index is 0.0177. The molecule has 1 aliphatic rings. The number of phenolic OH excluding ortho intramolecular Hbond substituents is 1. The van der Waals surface area contributed by atoms with Gasteiger partial charge < -0.3 is 50.4 Å². The number of ketones is 1. The molecule has 0 amide bonds. The largest absolute Gasteiger partial charge is 0.504 e. The first-order valence-electron chi connectivity index (χ1n) is 19.4. The number of carbonyl (C=O) groups is 1. The molecule has 0 aliphatic heterocycles. The molecule has 57 heavy (non-hydrogen) atoms. The van der Waals surface area contributed by atoms with Gasteiger partial charge in [-0.1, -0.05) is 11.6 Å². The molecule has 13 nitrogen and oxygen atoms in total. The summed E-state index contributed by atoms with van der Waals surface area (Å²) >= 11 is 3.55. The quantitative estimate of drug-likeness (QED) is 0.0290. The van der Waals surface area contributed by atoms with Gasteiger partial charge in [0.1, 0.15) is 5.78 Å². The Kier molecular flexibility index (Phi) is 14.0. The molecule has 6 rings (SSSR count). The molecule has 5 aromatic carbocycles. The second kappa shape index (κ2) is 18.7. The maximum Gasteiger partial charge on any atom is 0.203 e. The van der Waals surface area contributed by atoms with Crippen LogP contribution in [0.5, 0.6) is 11.5 Å². The Labute approximate surface area is 338 Å². The summed E-state index contributed by atoms with van der Waals surface area (Å²) in [6.45, 7) is 5.29. The van der Waals surface area contributed by atoms with E-state index in [4.69, 9.17) is 24.4 Å². The van der Waals surface area contributed by atoms with Crippen molar-refractivity contribution in [3.63, 3.8) is 0 Å². The third kappa shape index (κ3) is 7.70. The Balaban J connectivity index is 1.74. The lowest BCUT2D eigenvalue weighted by atomic mass is 9.78. The van der Waals surface area contributed by atoms with Gasteiger partial charge in [-0.05, 0) is 113 Å². The summed E-state index contributed by atoms with van der Waals surface area (Å²) in [5, 5.41) is 61.9. The van der Waals surface area contributed by atoms with Gasteiger partial charge in [0.25, 0.3) is 0 Å². The fraction of sp³-hybridized carbons (Fsp3) is 0.465. The van der Waals surface area contributed by atoms with Crippen LogP contribution >= 0.6 is 15.9 Å². The zero-order valence-electron chi connectivity index (χ0n) is 32.6. The van der Waals surface area contributed by atoms with Gasteiger partial charge >= 0.3 is 0 Å². The van der Waals surface area contributed by atoms with E-state index in [2.05, 4.69) is 26.6 Å². The number of aliphatic hydroxyl groups excluding tert-OH is 4. The smallest absolute Gasteiger partial charge is 0.203 e. The highest BCUT2D eigenvalue weighted by atomic mass is 79.9. The number of anilines is 1. The summed E-state index contributed by atoms with van der Waals surface area (Å²) in [7, 11) is 1.38. The van der Waals surface area contributed by atoms with Crippen molar-refractivity contribution < 1.29 is 44.5 Å². The molecule has 0 saturated heterocycles. The number of phenols is 1. The Hall–Kier alpha value is -3.99. The summed E-state index contributed by atoms with van der Waals surface area (Å²) < 4.78 is 16.9. The number of aromatic hydroxyl groups is 1. The van der Waals surface area contributed by atoms with E-state index in [1.807, 2.05) is 13.0 Å². The normalized spacial score (nSPS) is 14.1. The standard InChI is InChI=1S/C43H51BrN2O11/c1-22-18-26-25(8-7-9-45-11-15-57-17-13-48)40(46-10-5-4-6-14-56-16-12-47)38-35-31(26)36-34-30(32(35)27(21-50)39(44)41(38)53)24(20-49)19-28(52)33(34)42(54)43(55-3)37(36)29(22)23(2)51/h18-19,29,45-50,54H,4-17,20-21H2,1-3H3. The van der Waals surface area contributed by atoms with Crippen molar-refractivity contribution in [2.75, 3.05) is 71.7 Å². The number of hydrogen-bond donors (Lipinski definition) is 7. The minimum atomic E-state index is -0.896. The Morgan fingerprint density at radius 2 is 1.51 bits per heavy atom. The summed E-state index contributed by atoms with van der Waals surface area (Å²) in [5.41, 5.74) is 2.83. The summed E-state index contributed by atoms with van der Waals surface area (Å²) in [6.07, 6.45) is 5.46. The molecule has 0 fully saturated rings. The van der Waals surface area contributed by atoms with Crippen molar-refractivity contribution in [3.8, 4) is 11.5 Å². The lowest BCUT2D eigenvalue weighted by Crippen LogP contribution is -2.22. The van der Waals surface area contributed by atoms with Crippen LogP contribution in [0.1, 0.15) is 73.3 Å². The predicted molar refractivity (Wildman–Crippen MR) is 226 cm³/mol. The van der Waals surface area contributed by atoms with Gasteiger partial charge in [0.2, 0.25) is 5.43 Å². The van der Waals surface area contributed by atoms with Crippen LogP contribution in [0.15, 0.2) is 25.7 Å². The van der Waals surface area contributed by atoms with Crippen LogP contribution in [0.25, 0.3) is 49.2 Å². The van der Waals surface area contributed by atoms with Crippen LogP contribution in [0.3, 0.4) is 0 Å². The van der Waals surface area contributed by atoms with Crippen molar-refractivity contribution in [2.24, 2.45) is 0 Å². The van der Waals surface area contributed by atoms with E-state index in [-0.39, 0.29) is 64.4 Å². The number of allylic oxidation sites excluding steroid dienone is 1. The van der Waals surface area contributed by atoms with Crippen molar-refractivity contribution >= 4 is 76.6 Å². The molecule has 1 atom stereocenters. The number of fused-ring (bicyclic) bond motifs is 1. The van der Waals surface area contributed by atoms with Crippen molar-refractivity contribution in [1.82, 2.24) is 5.32 Å². The van der Waals surface area contributed by atoms with Crippen LogP contribution in [0, 0.1) is 0 Å². The van der Waals surface area contributed by atoms with Gasteiger partial charge in [-0.2, -0.15) is 0 Å². The third-order valence-corrected chi connectivity index (χ3v) is 11.8. The summed E-state index contributed by atoms with van der Waals surface area (Å²) in [6, 6.07) is 1.27. The summed E-state index contributed by atoms with van der Waals surface area (Å²) in [5.74, 6) is -1.56. The molecule has 0 bridgehead atoms. The number of rotatable bonds is 22. The van der Waals surface area contributed by atoms with Crippen LogP contribution in [-0.2, 0) is 33.9 Å². The molecule has 0 spiro atoms. The molecule has 7 N–H and O–H groups in total. The second-order valence-electron chi connectivity index (χ2n) is 14.5. The third-order valence-electron chi connectivity index (χ3n) is 11.0. The number of benzene rings is 5. The molecule has 1 unspecified atom stereocenters. The molecule has 0 radical (unpaired) electrons. The zero-order valence-corrected chi connectivity index (χ0v) is 34.2.